The van der Waals surface area contributed by atoms with Crippen LogP contribution in [0.25, 0.3) is 11.3 Å². The van der Waals surface area contributed by atoms with Crippen molar-refractivity contribution in [2.24, 2.45) is 0 Å². The Morgan fingerprint density at radius 1 is 0.962 bits per heavy atom. The third-order valence-corrected chi connectivity index (χ3v) is 3.69. The molecule has 2 aromatic heterocycles. The Morgan fingerprint density at radius 2 is 1.62 bits per heavy atom. The second kappa shape index (κ2) is 7.56. The van der Waals surface area contributed by atoms with E-state index in [9.17, 15) is 0 Å². The maximum absolute atomic E-state index is 6.06. The molecule has 26 heavy (non-hydrogen) atoms. The number of anilines is 3. The predicted octanol–water partition coefficient (Wildman–Crippen LogP) is 2.89. The quantitative estimate of drug-likeness (QED) is 0.697. The van der Waals surface area contributed by atoms with Gasteiger partial charge in [0.2, 0.25) is 5.75 Å². The van der Waals surface area contributed by atoms with E-state index < -0.39 is 0 Å². The van der Waals surface area contributed by atoms with E-state index in [1.807, 2.05) is 12.1 Å². The van der Waals surface area contributed by atoms with Crippen molar-refractivity contribution in [1.29, 1.82) is 0 Å². The van der Waals surface area contributed by atoms with Gasteiger partial charge in [-0.25, -0.2) is 9.97 Å². The molecule has 0 fully saturated rings. The lowest BCUT2D eigenvalue weighted by Crippen LogP contribution is -2.02. The standard InChI is InChI=1S/C18H19N5O3/c1-24-13-8-12(9-14(25-2)17(13)26-3)22-15-10-21-16(18(19)23-15)11-4-6-20-7-5-11/h4-10H,1-3H3,(H3,19,22,23). The molecule has 3 aromatic rings. The maximum Gasteiger partial charge on any atom is 0.203 e. The number of nitrogens with two attached hydrogens (primary N) is 1. The first-order chi connectivity index (χ1) is 12.7. The van der Waals surface area contributed by atoms with Gasteiger partial charge in [-0.15, -0.1) is 0 Å². The van der Waals surface area contributed by atoms with Crippen molar-refractivity contribution in [3.63, 3.8) is 0 Å². The van der Waals surface area contributed by atoms with Crippen LogP contribution >= 0.6 is 0 Å². The summed E-state index contributed by atoms with van der Waals surface area (Å²) in [6.07, 6.45) is 4.96. The molecule has 2 heterocycles. The van der Waals surface area contributed by atoms with E-state index >= 15 is 0 Å². The van der Waals surface area contributed by atoms with Gasteiger partial charge in [-0.2, -0.15) is 0 Å². The number of benzene rings is 1. The van der Waals surface area contributed by atoms with Crippen LogP contribution in [0.2, 0.25) is 0 Å². The van der Waals surface area contributed by atoms with Gasteiger partial charge < -0.3 is 25.3 Å². The van der Waals surface area contributed by atoms with E-state index in [0.29, 0.717) is 40.3 Å². The fourth-order valence-electron chi connectivity index (χ4n) is 2.50. The Morgan fingerprint density at radius 3 is 2.15 bits per heavy atom. The molecule has 8 heteroatoms. The van der Waals surface area contributed by atoms with Crippen molar-refractivity contribution >= 4 is 17.3 Å². The van der Waals surface area contributed by atoms with Crippen molar-refractivity contribution in [3.05, 3.63) is 42.9 Å². The molecule has 0 unspecified atom stereocenters. The molecule has 0 amide bonds. The molecule has 0 aliphatic carbocycles. The summed E-state index contributed by atoms with van der Waals surface area (Å²) in [7, 11) is 4.67. The molecule has 0 saturated heterocycles. The van der Waals surface area contributed by atoms with Crippen molar-refractivity contribution < 1.29 is 14.2 Å². The predicted molar refractivity (Wildman–Crippen MR) is 99.1 cm³/mol. The number of nitrogens with one attached hydrogen (secondary N) is 1. The number of nitrogens with zero attached hydrogens (tertiary/aromatic N) is 3. The van der Waals surface area contributed by atoms with Crippen LogP contribution in [0.15, 0.2) is 42.9 Å². The molecule has 0 atom stereocenters. The number of nitrogen functional groups attached to an aromatic ring is 1. The molecule has 0 spiro atoms. The molecule has 0 aliphatic heterocycles. The maximum atomic E-state index is 6.06. The van der Waals surface area contributed by atoms with E-state index in [2.05, 4.69) is 20.3 Å². The van der Waals surface area contributed by atoms with Crippen LogP contribution in [0.3, 0.4) is 0 Å². The SMILES string of the molecule is COc1cc(Nc2cnc(-c3ccncc3)c(N)n2)cc(OC)c1OC. The van der Waals surface area contributed by atoms with Crippen molar-refractivity contribution in [2.45, 2.75) is 0 Å². The van der Waals surface area contributed by atoms with Gasteiger partial charge in [0.25, 0.3) is 0 Å². The van der Waals surface area contributed by atoms with Crippen LogP contribution in [0.4, 0.5) is 17.3 Å². The van der Waals surface area contributed by atoms with Gasteiger partial charge in [-0.3, -0.25) is 4.98 Å². The molecule has 3 rings (SSSR count). The van der Waals surface area contributed by atoms with E-state index in [1.54, 1.807) is 52.1 Å². The molecule has 0 saturated carbocycles. The highest BCUT2D eigenvalue weighted by Crippen LogP contribution is 2.40. The smallest absolute Gasteiger partial charge is 0.203 e. The number of ether oxygens (including phenoxy) is 3. The largest absolute Gasteiger partial charge is 0.493 e. The molecule has 3 N–H and O–H groups in total. The Labute approximate surface area is 151 Å². The third-order valence-electron chi connectivity index (χ3n) is 3.69. The normalized spacial score (nSPS) is 10.3. The first-order valence-corrected chi connectivity index (χ1v) is 7.76. The van der Waals surface area contributed by atoms with Gasteiger partial charge >= 0.3 is 0 Å². The molecule has 1 aromatic carbocycles. The Hall–Kier alpha value is -3.55. The van der Waals surface area contributed by atoms with Crippen LogP contribution < -0.4 is 25.3 Å². The van der Waals surface area contributed by atoms with Crippen LogP contribution in [0, 0.1) is 0 Å². The molecule has 0 radical (unpaired) electrons. The highest BCUT2D eigenvalue weighted by molar-refractivity contribution is 5.72. The molecule has 0 aliphatic rings. The molecular weight excluding hydrogens is 334 g/mol. The Balaban J connectivity index is 1.91. The first kappa shape index (κ1) is 17.3. The summed E-state index contributed by atoms with van der Waals surface area (Å²) in [4.78, 5) is 12.8. The first-order valence-electron chi connectivity index (χ1n) is 7.76. The van der Waals surface area contributed by atoms with E-state index in [-0.39, 0.29) is 0 Å². The lowest BCUT2D eigenvalue weighted by molar-refractivity contribution is 0.324. The number of hydrogen-bond donors (Lipinski definition) is 2. The van der Waals surface area contributed by atoms with E-state index in [0.717, 1.165) is 5.56 Å². The lowest BCUT2D eigenvalue weighted by atomic mass is 10.2. The average molecular weight is 353 g/mol. The van der Waals surface area contributed by atoms with Crippen molar-refractivity contribution in [1.82, 2.24) is 15.0 Å². The van der Waals surface area contributed by atoms with E-state index in [1.165, 1.54) is 0 Å². The summed E-state index contributed by atoms with van der Waals surface area (Å²) < 4.78 is 16.0. The minimum Gasteiger partial charge on any atom is -0.493 e. The van der Waals surface area contributed by atoms with Crippen LogP contribution in [-0.4, -0.2) is 36.3 Å². The minimum atomic E-state index is 0.314. The fourth-order valence-corrected chi connectivity index (χ4v) is 2.50. The third kappa shape index (κ3) is 3.44. The fraction of sp³-hybridized carbons (Fsp3) is 0.167. The van der Waals surface area contributed by atoms with Gasteiger partial charge in [0, 0.05) is 35.8 Å². The summed E-state index contributed by atoms with van der Waals surface area (Å²) >= 11 is 0. The number of aromatic nitrogens is 3. The summed E-state index contributed by atoms with van der Waals surface area (Å²) in [5, 5.41) is 3.14. The van der Waals surface area contributed by atoms with Crippen LogP contribution in [0.1, 0.15) is 0 Å². The number of pyridine rings is 1. The molecule has 0 bridgehead atoms. The van der Waals surface area contributed by atoms with Gasteiger partial charge in [0.05, 0.1) is 27.5 Å². The van der Waals surface area contributed by atoms with Gasteiger partial charge in [0.1, 0.15) is 5.69 Å². The lowest BCUT2D eigenvalue weighted by Gasteiger charge is -2.15. The van der Waals surface area contributed by atoms with Crippen molar-refractivity contribution in [3.8, 4) is 28.5 Å². The molecule has 8 nitrogen and oxygen atoms in total. The number of hydrogen-bond acceptors (Lipinski definition) is 8. The molecule has 134 valence electrons. The van der Waals surface area contributed by atoms with E-state index in [4.69, 9.17) is 19.9 Å². The molecular formula is C18H19N5O3. The highest BCUT2D eigenvalue weighted by Gasteiger charge is 2.14. The summed E-state index contributed by atoms with van der Waals surface area (Å²) in [5.41, 5.74) is 8.21. The summed E-state index contributed by atoms with van der Waals surface area (Å²) in [6, 6.07) is 7.20. The van der Waals surface area contributed by atoms with Gasteiger partial charge in [0.15, 0.2) is 23.1 Å². The van der Waals surface area contributed by atoms with Crippen LogP contribution in [-0.2, 0) is 0 Å². The Bertz CT molecular complexity index is 878. The highest BCUT2D eigenvalue weighted by atomic mass is 16.5. The van der Waals surface area contributed by atoms with Gasteiger partial charge in [-0.05, 0) is 12.1 Å². The zero-order valence-corrected chi connectivity index (χ0v) is 14.7. The monoisotopic (exact) mass is 353 g/mol. The number of methoxy groups -OCH3 is 3. The van der Waals surface area contributed by atoms with Crippen LogP contribution in [0.5, 0.6) is 17.2 Å². The topological polar surface area (TPSA) is 104 Å². The summed E-state index contributed by atoms with van der Waals surface area (Å²) in [5.74, 6) is 2.38. The zero-order chi connectivity index (χ0) is 18.5. The number of rotatable bonds is 6. The Kier molecular flexibility index (Phi) is 5.02. The minimum absolute atomic E-state index is 0.314. The second-order valence-electron chi connectivity index (χ2n) is 5.26. The summed E-state index contributed by atoms with van der Waals surface area (Å²) in [6.45, 7) is 0. The average Bonchev–Trinajstić information content (AvgIpc) is 2.68. The van der Waals surface area contributed by atoms with Crippen molar-refractivity contribution in [2.75, 3.05) is 32.4 Å². The van der Waals surface area contributed by atoms with Gasteiger partial charge in [-0.1, -0.05) is 0 Å². The second-order valence-corrected chi connectivity index (χ2v) is 5.26. The zero-order valence-electron chi connectivity index (χ0n) is 14.7.